The van der Waals surface area contributed by atoms with E-state index in [9.17, 15) is 10.4 Å². The van der Waals surface area contributed by atoms with E-state index in [1.54, 1.807) is 42.5 Å². The van der Waals surface area contributed by atoms with Gasteiger partial charge in [-0.1, -0.05) is 91.0 Å². The molecule has 0 aliphatic heterocycles. The molecule has 0 radical (unpaired) electrons. The Morgan fingerprint density at radius 2 is 0.865 bits per heavy atom. The lowest BCUT2D eigenvalue weighted by molar-refractivity contribution is 0.268. The first kappa shape index (κ1) is 23.9. The van der Waals surface area contributed by atoms with Gasteiger partial charge < -0.3 is 20.1 Å². The van der Waals surface area contributed by atoms with Gasteiger partial charge in [-0.3, -0.25) is 10.5 Å². The van der Waals surface area contributed by atoms with E-state index in [0.29, 0.717) is 21.8 Å². The van der Waals surface area contributed by atoms with Crippen molar-refractivity contribution >= 4 is 11.4 Å². The van der Waals surface area contributed by atoms with Gasteiger partial charge in [0.05, 0.1) is 11.4 Å². The van der Waals surface area contributed by atoms with Gasteiger partial charge in [0, 0.05) is 0 Å². The monoisotopic (exact) mass is 488 g/mol. The molecule has 184 valence electrons. The molecular formula is C31H24N2O4-2. The van der Waals surface area contributed by atoms with Crippen LogP contribution in [0.2, 0.25) is 0 Å². The maximum absolute atomic E-state index is 12.8. The van der Waals surface area contributed by atoms with E-state index in [1.165, 1.54) is 0 Å². The number of hydrogen-bond acceptors (Lipinski definition) is 6. The van der Waals surface area contributed by atoms with Gasteiger partial charge in [-0.05, 0) is 71.1 Å². The second-order valence-electron chi connectivity index (χ2n) is 8.47. The molecule has 0 amide bonds. The Bertz CT molecular complexity index is 1440. The second kappa shape index (κ2) is 10.9. The highest BCUT2D eigenvalue weighted by Gasteiger charge is 2.11. The number of hydrogen-bond donors (Lipinski definition) is 0. The van der Waals surface area contributed by atoms with E-state index in [1.807, 2.05) is 91.9 Å². The molecule has 5 aromatic carbocycles. The molecule has 0 aromatic heterocycles. The van der Waals surface area contributed by atoms with Crippen LogP contribution in [0, 0.1) is 17.3 Å². The fourth-order valence-electron chi connectivity index (χ4n) is 3.86. The molecule has 0 N–H and O–H groups in total. The van der Waals surface area contributed by atoms with Gasteiger partial charge in [-0.15, -0.1) is 0 Å². The van der Waals surface area contributed by atoms with Crippen molar-refractivity contribution < 1.29 is 9.68 Å². The van der Waals surface area contributed by atoms with E-state index >= 15 is 0 Å². The van der Waals surface area contributed by atoms with Crippen LogP contribution in [0.15, 0.2) is 127 Å². The molecule has 5 aromatic rings. The lowest BCUT2D eigenvalue weighted by Gasteiger charge is -2.33. The van der Waals surface area contributed by atoms with Crippen molar-refractivity contribution in [3.8, 4) is 33.8 Å². The minimum absolute atomic E-state index is 0.120. The molecule has 37 heavy (non-hydrogen) atoms. The number of nitrogens with zero attached hydrogens (tertiary/aromatic N) is 2. The van der Waals surface area contributed by atoms with Crippen LogP contribution in [0.1, 0.15) is 5.56 Å². The normalized spacial score (nSPS) is 10.6. The fourth-order valence-corrected chi connectivity index (χ4v) is 3.86. The molecule has 6 heteroatoms. The van der Waals surface area contributed by atoms with Crippen LogP contribution >= 0.6 is 0 Å². The predicted octanol–water partition coefficient (Wildman–Crippen LogP) is 7.93. The van der Waals surface area contributed by atoms with Gasteiger partial charge in [0.15, 0.2) is 11.5 Å². The molecular weight excluding hydrogens is 464 g/mol. The van der Waals surface area contributed by atoms with Crippen LogP contribution in [-0.2, 0) is 0 Å². The first-order valence-corrected chi connectivity index (χ1v) is 11.8. The van der Waals surface area contributed by atoms with Crippen molar-refractivity contribution in [3.05, 3.63) is 143 Å². The van der Waals surface area contributed by atoms with Crippen molar-refractivity contribution in [2.45, 2.75) is 6.92 Å². The van der Waals surface area contributed by atoms with Gasteiger partial charge in [0.2, 0.25) is 0 Å². The topological polar surface area (TPSA) is 71.1 Å². The van der Waals surface area contributed by atoms with Crippen molar-refractivity contribution in [1.82, 2.24) is 0 Å². The summed E-state index contributed by atoms with van der Waals surface area (Å²) >= 11 is 0. The first-order valence-electron chi connectivity index (χ1n) is 11.8. The average Bonchev–Trinajstić information content (AvgIpc) is 2.95. The highest BCUT2D eigenvalue weighted by Crippen LogP contribution is 2.33. The Labute approximate surface area is 215 Å². The summed E-state index contributed by atoms with van der Waals surface area (Å²) in [7, 11) is 0. The maximum atomic E-state index is 12.8. The highest BCUT2D eigenvalue weighted by atomic mass is 16.9. The second-order valence-corrected chi connectivity index (χ2v) is 8.47. The fraction of sp³-hybridized carbons (Fsp3) is 0.0323. The third-order valence-electron chi connectivity index (χ3n) is 5.83. The minimum Gasteiger partial charge on any atom is -0.724 e. The molecule has 6 nitrogen and oxygen atoms in total. The Kier molecular flexibility index (Phi) is 7.03. The van der Waals surface area contributed by atoms with Crippen molar-refractivity contribution in [2.24, 2.45) is 0 Å². The lowest BCUT2D eigenvalue weighted by Crippen LogP contribution is -2.23. The third-order valence-corrected chi connectivity index (χ3v) is 5.83. The van der Waals surface area contributed by atoms with Crippen LogP contribution in [-0.4, -0.2) is 0 Å². The molecule has 0 saturated carbocycles. The SMILES string of the molecule is Cc1ccc(ON([O-])c2ccc(-c3ccccc3)cc2)c(ON([O-])c2ccc(-c3ccccc3)cc2)c1. The summed E-state index contributed by atoms with van der Waals surface area (Å²) in [4.78, 5) is 11.1. The van der Waals surface area contributed by atoms with Gasteiger partial charge in [0.25, 0.3) is 0 Å². The van der Waals surface area contributed by atoms with Crippen LogP contribution in [0.5, 0.6) is 11.5 Å². The summed E-state index contributed by atoms with van der Waals surface area (Å²) < 4.78 is 0. The van der Waals surface area contributed by atoms with Gasteiger partial charge in [-0.25, -0.2) is 0 Å². The van der Waals surface area contributed by atoms with Gasteiger partial charge in [0.1, 0.15) is 0 Å². The molecule has 0 unspecified atom stereocenters. The molecule has 0 saturated heterocycles. The Morgan fingerprint density at radius 3 is 1.32 bits per heavy atom. The van der Waals surface area contributed by atoms with E-state index < -0.39 is 0 Å². The Hall–Kier alpha value is -4.78. The van der Waals surface area contributed by atoms with E-state index in [0.717, 1.165) is 27.8 Å². The van der Waals surface area contributed by atoms with E-state index in [2.05, 4.69) is 0 Å². The van der Waals surface area contributed by atoms with Crippen molar-refractivity contribution in [1.29, 1.82) is 0 Å². The van der Waals surface area contributed by atoms with Crippen LogP contribution in [0.4, 0.5) is 11.4 Å². The summed E-state index contributed by atoms with van der Waals surface area (Å²) in [5.41, 5.74) is 5.53. The van der Waals surface area contributed by atoms with Crippen molar-refractivity contribution in [3.63, 3.8) is 0 Å². The maximum Gasteiger partial charge on any atom is 0.199 e. The smallest absolute Gasteiger partial charge is 0.199 e. The zero-order valence-electron chi connectivity index (χ0n) is 20.2. The third kappa shape index (κ3) is 5.73. The number of aryl methyl sites for hydroxylation is 1. The van der Waals surface area contributed by atoms with Crippen LogP contribution < -0.4 is 20.1 Å². The highest BCUT2D eigenvalue weighted by molar-refractivity contribution is 5.67. The van der Waals surface area contributed by atoms with Gasteiger partial charge in [-0.2, -0.15) is 0 Å². The molecule has 0 atom stereocenters. The minimum atomic E-state index is 0.120. The molecule has 0 aliphatic rings. The number of rotatable bonds is 8. The molecule has 0 spiro atoms. The molecule has 0 heterocycles. The van der Waals surface area contributed by atoms with Crippen LogP contribution in [0.3, 0.4) is 0 Å². The number of benzene rings is 5. The lowest BCUT2D eigenvalue weighted by atomic mass is 10.1. The van der Waals surface area contributed by atoms with E-state index in [4.69, 9.17) is 9.68 Å². The Balaban J connectivity index is 1.30. The molecule has 0 fully saturated rings. The zero-order chi connectivity index (χ0) is 25.6. The molecule has 0 aliphatic carbocycles. The zero-order valence-corrected chi connectivity index (χ0v) is 20.2. The summed E-state index contributed by atoms with van der Waals surface area (Å²) in [6.45, 7) is 1.86. The standard InChI is InChI=1S/C31H24N2O4/c1-23-12-21-30(36-32(34)28-17-13-26(14-18-28)24-8-4-2-5-9-24)31(22-23)37-33(35)29-19-15-27(16-20-29)25-10-6-3-7-11-25/h2-22H,1H3/q-2. The predicted molar refractivity (Wildman–Crippen MR) is 148 cm³/mol. The van der Waals surface area contributed by atoms with Gasteiger partial charge >= 0.3 is 0 Å². The summed E-state index contributed by atoms with van der Waals surface area (Å²) in [6, 6.07) is 38.9. The van der Waals surface area contributed by atoms with Crippen molar-refractivity contribution in [2.75, 3.05) is 10.5 Å². The summed E-state index contributed by atoms with van der Waals surface area (Å²) in [5.74, 6) is 0.249. The van der Waals surface area contributed by atoms with Crippen LogP contribution in [0.25, 0.3) is 22.3 Å². The summed E-state index contributed by atoms with van der Waals surface area (Å²) in [6.07, 6.45) is 0. The average molecular weight is 489 g/mol. The van der Waals surface area contributed by atoms with E-state index in [-0.39, 0.29) is 11.5 Å². The quantitative estimate of drug-likeness (QED) is 0.207. The summed E-state index contributed by atoms with van der Waals surface area (Å²) in [5, 5.41) is 26.4. The largest absolute Gasteiger partial charge is 0.724 e. The number of anilines is 2. The first-order chi connectivity index (χ1) is 18.1. The Morgan fingerprint density at radius 1 is 0.459 bits per heavy atom. The molecule has 0 bridgehead atoms. The molecule has 5 rings (SSSR count).